The first-order chi connectivity index (χ1) is 13.0. The van der Waals surface area contributed by atoms with Crippen molar-refractivity contribution < 1.29 is 14.4 Å². The van der Waals surface area contributed by atoms with Gasteiger partial charge >= 0.3 is 0 Å². The lowest BCUT2D eigenvalue weighted by Crippen LogP contribution is -2.38. The van der Waals surface area contributed by atoms with E-state index in [1.165, 1.54) is 0 Å². The molecule has 2 aromatic carbocycles. The van der Waals surface area contributed by atoms with Crippen molar-refractivity contribution in [1.29, 1.82) is 0 Å². The highest BCUT2D eigenvalue weighted by molar-refractivity contribution is 5.99. The van der Waals surface area contributed by atoms with E-state index >= 15 is 0 Å². The van der Waals surface area contributed by atoms with Crippen LogP contribution in [0.25, 0.3) is 21.9 Å². The summed E-state index contributed by atoms with van der Waals surface area (Å²) >= 11 is 0. The van der Waals surface area contributed by atoms with E-state index in [2.05, 4.69) is 16.5 Å². The molecule has 0 aliphatic heterocycles. The van der Waals surface area contributed by atoms with Crippen LogP contribution in [-0.2, 0) is 0 Å². The van der Waals surface area contributed by atoms with Crippen molar-refractivity contribution >= 4 is 16.7 Å². The van der Waals surface area contributed by atoms with Crippen molar-refractivity contribution in [1.82, 2.24) is 10.5 Å². The van der Waals surface area contributed by atoms with E-state index in [4.69, 9.17) is 4.52 Å². The van der Waals surface area contributed by atoms with Gasteiger partial charge in [-0.05, 0) is 74.1 Å². The second-order valence-electron chi connectivity index (χ2n) is 7.45. The van der Waals surface area contributed by atoms with Crippen LogP contribution in [0.5, 0.6) is 0 Å². The summed E-state index contributed by atoms with van der Waals surface area (Å²) < 4.78 is 5.27. The third-order valence-electron chi connectivity index (χ3n) is 5.46. The van der Waals surface area contributed by atoms with Crippen LogP contribution >= 0.6 is 0 Å². The molecule has 140 valence electrons. The molecule has 0 atom stereocenters. The second kappa shape index (κ2) is 7.16. The molecule has 5 heteroatoms. The Morgan fingerprint density at radius 1 is 1.07 bits per heavy atom. The number of rotatable bonds is 3. The van der Waals surface area contributed by atoms with Crippen molar-refractivity contribution in [2.24, 2.45) is 0 Å². The van der Waals surface area contributed by atoms with Gasteiger partial charge in [0.25, 0.3) is 5.91 Å². The van der Waals surface area contributed by atoms with Crippen LogP contribution in [0.3, 0.4) is 0 Å². The highest BCUT2D eigenvalue weighted by Gasteiger charge is 2.21. The number of aliphatic hydroxyl groups excluding tert-OH is 1. The topological polar surface area (TPSA) is 75.4 Å². The lowest BCUT2D eigenvalue weighted by Gasteiger charge is -2.26. The fourth-order valence-electron chi connectivity index (χ4n) is 3.93. The minimum absolute atomic E-state index is 0.0481. The number of aliphatic hydroxyl groups is 1. The highest BCUT2D eigenvalue weighted by atomic mass is 16.5. The molecule has 1 aliphatic rings. The van der Waals surface area contributed by atoms with Crippen molar-refractivity contribution in [3.05, 3.63) is 53.4 Å². The molecule has 3 aromatic rings. The largest absolute Gasteiger partial charge is 0.393 e. The molecule has 1 amide bonds. The molecular formula is C22H24N2O3. The van der Waals surface area contributed by atoms with E-state index < -0.39 is 0 Å². The lowest BCUT2D eigenvalue weighted by atomic mass is 9.93. The number of aryl methyl sites for hydroxylation is 2. The maximum Gasteiger partial charge on any atom is 0.251 e. The molecule has 1 heterocycles. The van der Waals surface area contributed by atoms with Crippen LogP contribution in [0.2, 0.25) is 0 Å². The molecule has 1 aromatic heterocycles. The molecule has 0 radical (unpaired) electrons. The minimum atomic E-state index is -0.217. The van der Waals surface area contributed by atoms with Crippen LogP contribution in [-0.4, -0.2) is 28.3 Å². The number of amides is 1. The van der Waals surface area contributed by atoms with E-state index in [1.807, 2.05) is 44.2 Å². The number of aromatic nitrogens is 1. The first-order valence-corrected chi connectivity index (χ1v) is 9.47. The van der Waals surface area contributed by atoms with E-state index in [1.54, 1.807) is 0 Å². The average Bonchev–Trinajstić information content (AvgIpc) is 3.01. The molecule has 0 spiro atoms. The predicted molar refractivity (Wildman–Crippen MR) is 105 cm³/mol. The van der Waals surface area contributed by atoms with Crippen molar-refractivity contribution in [2.75, 3.05) is 0 Å². The van der Waals surface area contributed by atoms with E-state index in [-0.39, 0.29) is 18.1 Å². The quantitative estimate of drug-likeness (QED) is 0.732. The van der Waals surface area contributed by atoms with Crippen LogP contribution in [0.15, 0.2) is 40.9 Å². The Morgan fingerprint density at radius 2 is 1.78 bits per heavy atom. The maximum atomic E-state index is 12.6. The Bertz CT molecular complexity index is 965. The molecule has 5 nitrogen and oxygen atoms in total. The molecule has 0 bridgehead atoms. The number of hydrogen-bond acceptors (Lipinski definition) is 4. The van der Waals surface area contributed by atoms with Gasteiger partial charge in [0.2, 0.25) is 0 Å². The fraction of sp³-hybridized carbons (Fsp3) is 0.364. The van der Waals surface area contributed by atoms with E-state index in [9.17, 15) is 9.90 Å². The molecule has 27 heavy (non-hydrogen) atoms. The number of carbonyl (C=O) groups is 1. The Labute approximate surface area is 158 Å². The predicted octanol–water partition coefficient (Wildman–Crippen LogP) is 4.14. The zero-order valence-corrected chi connectivity index (χ0v) is 15.7. The number of benzene rings is 2. The molecular weight excluding hydrogens is 340 g/mol. The number of nitrogens with one attached hydrogen (secondary N) is 1. The summed E-state index contributed by atoms with van der Waals surface area (Å²) in [6, 6.07) is 12.1. The van der Waals surface area contributed by atoms with Crippen LogP contribution in [0, 0.1) is 13.8 Å². The summed E-state index contributed by atoms with van der Waals surface area (Å²) in [6.45, 7) is 3.85. The summed E-state index contributed by atoms with van der Waals surface area (Å²) in [4.78, 5) is 12.6. The van der Waals surface area contributed by atoms with Crippen molar-refractivity contribution in [2.45, 2.75) is 51.7 Å². The Balaban J connectivity index is 1.56. The van der Waals surface area contributed by atoms with Crippen molar-refractivity contribution in [3.8, 4) is 11.1 Å². The molecule has 1 aliphatic carbocycles. The van der Waals surface area contributed by atoms with Gasteiger partial charge in [-0.2, -0.15) is 0 Å². The van der Waals surface area contributed by atoms with Crippen LogP contribution in [0.4, 0.5) is 0 Å². The first-order valence-electron chi connectivity index (χ1n) is 9.47. The van der Waals surface area contributed by atoms with Gasteiger partial charge in [-0.3, -0.25) is 4.79 Å². The van der Waals surface area contributed by atoms with Gasteiger partial charge in [0.15, 0.2) is 0 Å². The standard InChI is InChI=1S/C22H24N2O3/c1-13-21(14(2)27-24-13)17-5-3-16-12-18(6-4-15(16)11-17)22(26)23-19-7-9-20(25)10-8-19/h3-6,11-12,19-20,25H,7-10H2,1-2H3,(H,23,26). The molecule has 1 fully saturated rings. The van der Waals surface area contributed by atoms with Gasteiger partial charge < -0.3 is 14.9 Å². The Kier molecular flexibility index (Phi) is 4.70. The SMILES string of the molecule is Cc1noc(C)c1-c1ccc2cc(C(=O)NC3CCC(O)CC3)ccc2c1. The van der Waals surface area contributed by atoms with E-state index in [0.717, 1.165) is 59.0 Å². The van der Waals surface area contributed by atoms with Gasteiger partial charge in [0.1, 0.15) is 5.76 Å². The maximum absolute atomic E-state index is 12.6. The van der Waals surface area contributed by atoms with E-state index in [0.29, 0.717) is 5.56 Å². The third kappa shape index (κ3) is 3.60. The zero-order valence-electron chi connectivity index (χ0n) is 15.7. The van der Waals surface area contributed by atoms with Gasteiger partial charge in [0, 0.05) is 17.2 Å². The number of fused-ring (bicyclic) bond motifs is 1. The van der Waals surface area contributed by atoms with Gasteiger partial charge in [-0.15, -0.1) is 0 Å². The Hall–Kier alpha value is -2.66. The summed E-state index contributed by atoms with van der Waals surface area (Å²) in [5.74, 6) is 0.758. The molecule has 4 rings (SSSR count). The summed E-state index contributed by atoms with van der Waals surface area (Å²) in [5, 5.41) is 18.8. The summed E-state index contributed by atoms with van der Waals surface area (Å²) in [6.07, 6.45) is 2.97. The average molecular weight is 364 g/mol. The second-order valence-corrected chi connectivity index (χ2v) is 7.45. The zero-order chi connectivity index (χ0) is 19.0. The van der Waals surface area contributed by atoms with Gasteiger partial charge in [0.05, 0.1) is 11.8 Å². The van der Waals surface area contributed by atoms with Gasteiger partial charge in [-0.1, -0.05) is 23.4 Å². The van der Waals surface area contributed by atoms with Crippen molar-refractivity contribution in [3.63, 3.8) is 0 Å². The highest BCUT2D eigenvalue weighted by Crippen LogP contribution is 2.30. The van der Waals surface area contributed by atoms with Crippen LogP contribution < -0.4 is 5.32 Å². The number of hydrogen-bond donors (Lipinski definition) is 2. The molecule has 0 saturated heterocycles. The minimum Gasteiger partial charge on any atom is -0.393 e. The smallest absolute Gasteiger partial charge is 0.251 e. The Morgan fingerprint density at radius 3 is 2.48 bits per heavy atom. The fourth-order valence-corrected chi connectivity index (χ4v) is 3.93. The van der Waals surface area contributed by atoms with Crippen LogP contribution in [0.1, 0.15) is 47.5 Å². The monoisotopic (exact) mass is 364 g/mol. The summed E-state index contributed by atoms with van der Waals surface area (Å²) in [7, 11) is 0. The number of nitrogens with zero attached hydrogens (tertiary/aromatic N) is 1. The lowest BCUT2D eigenvalue weighted by molar-refractivity contribution is 0.0868. The molecule has 1 saturated carbocycles. The summed E-state index contributed by atoms with van der Waals surface area (Å²) in [5.41, 5.74) is 3.63. The first kappa shape index (κ1) is 17.7. The third-order valence-corrected chi connectivity index (χ3v) is 5.46. The molecule has 2 N–H and O–H groups in total. The molecule has 0 unspecified atom stereocenters. The normalized spacial score (nSPS) is 20.0. The number of carbonyl (C=O) groups excluding carboxylic acids is 1. The van der Waals surface area contributed by atoms with Gasteiger partial charge in [-0.25, -0.2) is 0 Å².